The Kier molecular flexibility index (Phi) is 6.56. The van der Waals surface area contributed by atoms with E-state index in [9.17, 15) is 4.79 Å². The van der Waals surface area contributed by atoms with Crippen molar-refractivity contribution >= 4 is 44.9 Å². The van der Waals surface area contributed by atoms with Crippen LogP contribution < -0.4 is 9.64 Å². The van der Waals surface area contributed by atoms with Crippen LogP contribution in [0.5, 0.6) is 5.75 Å². The number of amides is 1. The number of piperazine rings is 1. The molecule has 1 fully saturated rings. The van der Waals surface area contributed by atoms with E-state index < -0.39 is 0 Å². The smallest absolute Gasteiger partial charge is 0.222 e. The summed E-state index contributed by atoms with van der Waals surface area (Å²) in [4.78, 5) is 21.5. The van der Waals surface area contributed by atoms with E-state index in [1.54, 1.807) is 30.2 Å². The number of para-hydroxylation sites is 1. The number of rotatable bonds is 7. The van der Waals surface area contributed by atoms with Crippen LogP contribution in [0, 0.1) is 0 Å². The average Bonchev–Trinajstić information content (AvgIpc) is 3.20. The fourth-order valence-electron chi connectivity index (χ4n) is 3.46. The summed E-state index contributed by atoms with van der Waals surface area (Å²) in [6, 6.07) is 16.3. The van der Waals surface area contributed by atoms with E-state index in [0.717, 1.165) is 54.0 Å². The third-order valence-corrected chi connectivity index (χ3v) is 7.37. The van der Waals surface area contributed by atoms with Crippen molar-refractivity contribution < 1.29 is 9.53 Å². The first-order chi connectivity index (χ1) is 14.2. The van der Waals surface area contributed by atoms with Crippen molar-refractivity contribution in [1.29, 1.82) is 0 Å². The van der Waals surface area contributed by atoms with Crippen molar-refractivity contribution in [2.45, 2.75) is 17.2 Å². The molecule has 0 bridgehead atoms. The quantitative estimate of drug-likeness (QED) is 0.410. The highest BCUT2D eigenvalue weighted by molar-refractivity contribution is 8.01. The predicted molar refractivity (Wildman–Crippen MR) is 121 cm³/mol. The monoisotopic (exact) mass is 427 g/mol. The second kappa shape index (κ2) is 9.50. The fourth-order valence-corrected chi connectivity index (χ4v) is 5.54. The topological polar surface area (TPSA) is 45.7 Å². The first kappa shape index (κ1) is 20.0. The zero-order chi connectivity index (χ0) is 20.1. The van der Waals surface area contributed by atoms with Gasteiger partial charge in [-0.05, 0) is 42.8 Å². The van der Waals surface area contributed by atoms with Gasteiger partial charge in [-0.3, -0.25) is 4.79 Å². The van der Waals surface area contributed by atoms with E-state index in [0.29, 0.717) is 6.42 Å². The SMILES string of the molecule is COc1ccc(N2CCN(C(=O)CCCSc3nc4ccccc4s3)CC2)cc1. The Morgan fingerprint density at radius 1 is 1.10 bits per heavy atom. The lowest BCUT2D eigenvalue weighted by atomic mass is 10.2. The van der Waals surface area contributed by atoms with Gasteiger partial charge in [0, 0.05) is 44.0 Å². The molecule has 0 atom stereocenters. The van der Waals surface area contributed by atoms with Gasteiger partial charge in [-0.25, -0.2) is 4.98 Å². The van der Waals surface area contributed by atoms with Crippen molar-refractivity contribution in [1.82, 2.24) is 9.88 Å². The van der Waals surface area contributed by atoms with Gasteiger partial charge in [-0.1, -0.05) is 23.9 Å². The number of carbonyl (C=O) groups excluding carboxylic acids is 1. The van der Waals surface area contributed by atoms with E-state index in [-0.39, 0.29) is 5.91 Å². The molecule has 1 amide bonds. The molecule has 152 valence electrons. The fraction of sp³-hybridized carbons (Fsp3) is 0.364. The molecule has 1 saturated heterocycles. The summed E-state index contributed by atoms with van der Waals surface area (Å²) in [6.07, 6.45) is 1.50. The molecule has 0 N–H and O–H groups in total. The zero-order valence-corrected chi connectivity index (χ0v) is 18.2. The van der Waals surface area contributed by atoms with Gasteiger partial charge in [0.1, 0.15) is 5.75 Å². The Hall–Kier alpha value is -2.25. The molecule has 2 heterocycles. The summed E-state index contributed by atoms with van der Waals surface area (Å²) in [6.45, 7) is 3.32. The third-order valence-electron chi connectivity index (χ3n) is 5.10. The molecule has 2 aromatic carbocycles. The molecular weight excluding hydrogens is 402 g/mol. The maximum Gasteiger partial charge on any atom is 0.222 e. The zero-order valence-electron chi connectivity index (χ0n) is 16.5. The maximum atomic E-state index is 12.5. The van der Waals surface area contributed by atoms with Gasteiger partial charge in [0.15, 0.2) is 4.34 Å². The number of hydrogen-bond acceptors (Lipinski definition) is 6. The molecule has 0 unspecified atom stereocenters. The minimum atomic E-state index is 0.268. The van der Waals surface area contributed by atoms with E-state index >= 15 is 0 Å². The largest absolute Gasteiger partial charge is 0.497 e. The van der Waals surface area contributed by atoms with Crippen molar-refractivity contribution in [3.8, 4) is 5.75 Å². The third kappa shape index (κ3) is 5.03. The molecule has 1 aromatic heterocycles. The number of carbonyl (C=O) groups is 1. The van der Waals surface area contributed by atoms with Gasteiger partial charge in [0.05, 0.1) is 17.3 Å². The molecule has 3 aromatic rings. The van der Waals surface area contributed by atoms with Gasteiger partial charge >= 0.3 is 0 Å². The first-order valence-corrected chi connectivity index (χ1v) is 11.7. The van der Waals surface area contributed by atoms with Crippen molar-refractivity contribution in [3.05, 3.63) is 48.5 Å². The lowest BCUT2D eigenvalue weighted by Gasteiger charge is -2.36. The lowest BCUT2D eigenvalue weighted by Crippen LogP contribution is -2.48. The minimum absolute atomic E-state index is 0.268. The summed E-state index contributed by atoms with van der Waals surface area (Å²) < 4.78 is 7.53. The van der Waals surface area contributed by atoms with Crippen LogP contribution in [0.3, 0.4) is 0 Å². The van der Waals surface area contributed by atoms with Crippen LogP contribution in [0.25, 0.3) is 10.2 Å². The Balaban J connectivity index is 1.18. The number of benzene rings is 2. The van der Waals surface area contributed by atoms with Crippen LogP contribution in [-0.2, 0) is 4.79 Å². The number of nitrogens with zero attached hydrogens (tertiary/aromatic N) is 3. The van der Waals surface area contributed by atoms with Gasteiger partial charge < -0.3 is 14.5 Å². The molecule has 7 heteroatoms. The maximum absolute atomic E-state index is 12.5. The summed E-state index contributed by atoms with van der Waals surface area (Å²) in [5, 5.41) is 0. The number of thioether (sulfide) groups is 1. The summed E-state index contributed by atoms with van der Waals surface area (Å²) >= 11 is 3.48. The number of methoxy groups -OCH3 is 1. The van der Waals surface area contributed by atoms with Crippen LogP contribution in [0.1, 0.15) is 12.8 Å². The minimum Gasteiger partial charge on any atom is -0.497 e. The number of aromatic nitrogens is 1. The molecule has 0 spiro atoms. The van der Waals surface area contributed by atoms with Crippen LogP contribution in [0.4, 0.5) is 5.69 Å². The van der Waals surface area contributed by atoms with Gasteiger partial charge in [-0.15, -0.1) is 11.3 Å². The molecule has 29 heavy (non-hydrogen) atoms. The van der Waals surface area contributed by atoms with E-state index in [4.69, 9.17) is 4.74 Å². The highest BCUT2D eigenvalue weighted by Gasteiger charge is 2.21. The number of ether oxygens (including phenoxy) is 1. The Morgan fingerprint density at radius 2 is 1.86 bits per heavy atom. The number of thiazole rings is 1. The van der Waals surface area contributed by atoms with E-state index in [1.165, 1.54) is 10.4 Å². The lowest BCUT2D eigenvalue weighted by molar-refractivity contribution is -0.131. The van der Waals surface area contributed by atoms with Crippen LogP contribution in [0.2, 0.25) is 0 Å². The highest BCUT2D eigenvalue weighted by atomic mass is 32.2. The summed E-state index contributed by atoms with van der Waals surface area (Å²) in [5.74, 6) is 2.06. The van der Waals surface area contributed by atoms with Gasteiger partial charge in [-0.2, -0.15) is 0 Å². The molecule has 0 aliphatic carbocycles. The van der Waals surface area contributed by atoms with Crippen molar-refractivity contribution in [2.24, 2.45) is 0 Å². The first-order valence-electron chi connectivity index (χ1n) is 9.88. The van der Waals surface area contributed by atoms with Crippen LogP contribution in [0.15, 0.2) is 52.9 Å². The van der Waals surface area contributed by atoms with Crippen molar-refractivity contribution in [3.63, 3.8) is 0 Å². The molecule has 5 nitrogen and oxygen atoms in total. The van der Waals surface area contributed by atoms with E-state index in [1.807, 2.05) is 35.2 Å². The summed E-state index contributed by atoms with van der Waals surface area (Å²) in [5.41, 5.74) is 2.25. The van der Waals surface area contributed by atoms with Gasteiger partial charge in [0.25, 0.3) is 0 Å². The Bertz CT molecular complexity index is 917. The second-order valence-corrected chi connectivity index (χ2v) is 9.34. The highest BCUT2D eigenvalue weighted by Crippen LogP contribution is 2.29. The Labute approximate surface area is 179 Å². The van der Waals surface area contributed by atoms with Crippen LogP contribution >= 0.6 is 23.1 Å². The van der Waals surface area contributed by atoms with Crippen molar-refractivity contribution in [2.75, 3.05) is 43.9 Å². The number of hydrogen-bond donors (Lipinski definition) is 0. The van der Waals surface area contributed by atoms with Crippen LogP contribution in [-0.4, -0.2) is 54.8 Å². The molecule has 0 radical (unpaired) electrons. The predicted octanol–water partition coefficient (Wildman–Crippen LogP) is 4.53. The van der Waals surface area contributed by atoms with E-state index in [2.05, 4.69) is 28.1 Å². The average molecular weight is 428 g/mol. The number of anilines is 1. The standard InChI is InChI=1S/C22H25N3O2S2/c1-27-18-10-8-17(9-11-18)24-12-14-25(15-13-24)21(26)7-4-16-28-22-23-19-5-2-3-6-20(19)29-22/h2-3,5-6,8-11H,4,7,12-16H2,1H3. The molecule has 1 aliphatic heterocycles. The molecule has 1 aliphatic rings. The summed E-state index contributed by atoms with van der Waals surface area (Å²) in [7, 11) is 1.68. The molecule has 4 rings (SSSR count). The molecular formula is C22H25N3O2S2. The second-order valence-electron chi connectivity index (χ2n) is 6.97. The molecule has 0 saturated carbocycles. The van der Waals surface area contributed by atoms with Gasteiger partial charge in [0.2, 0.25) is 5.91 Å². The number of fused-ring (bicyclic) bond motifs is 1. The normalized spacial score (nSPS) is 14.4. The Morgan fingerprint density at radius 3 is 2.59 bits per heavy atom.